The van der Waals surface area contributed by atoms with Crippen molar-refractivity contribution in [2.75, 3.05) is 6.61 Å². The van der Waals surface area contributed by atoms with Crippen LogP contribution in [0.4, 0.5) is 0 Å². The second kappa shape index (κ2) is 21.5. The third kappa shape index (κ3) is 17.5. The Morgan fingerprint density at radius 2 is 1.00 bits per heavy atom. The van der Waals surface area contributed by atoms with Crippen LogP contribution in [0.2, 0.25) is 0 Å². The number of nitrogens with one attached hydrogen (secondary N) is 1. The number of esters is 4. The van der Waals surface area contributed by atoms with Crippen molar-refractivity contribution < 1.29 is 57.6 Å². The lowest BCUT2D eigenvalue weighted by atomic mass is 9.97. The maximum Gasteiger partial charge on any atom is 0.303 e. The molecule has 1 aliphatic rings. The summed E-state index contributed by atoms with van der Waals surface area (Å²) in [5, 5.41) is 11.3. The maximum atomic E-state index is 12.8. The fourth-order valence-corrected chi connectivity index (χ4v) is 4.90. The predicted octanol–water partition coefficient (Wildman–Crippen LogP) is 3.73. The maximum absolute atomic E-state index is 12.8. The van der Waals surface area contributed by atoms with Crippen LogP contribution in [-0.4, -0.2) is 78.1 Å². The van der Waals surface area contributed by atoms with Crippen LogP contribution in [0.5, 0.6) is 0 Å². The van der Waals surface area contributed by atoms with Gasteiger partial charge in [-0.2, -0.15) is 0 Å². The van der Waals surface area contributed by atoms with Gasteiger partial charge in [0, 0.05) is 40.5 Å². The number of unbranched alkanes of at least 4 members (excludes halogenated alkanes) is 11. The summed E-state index contributed by atoms with van der Waals surface area (Å²) in [6, 6.07) is 0. The van der Waals surface area contributed by atoms with Gasteiger partial charge in [-0.15, -0.1) is 0 Å². The van der Waals surface area contributed by atoms with Crippen molar-refractivity contribution in [3.05, 3.63) is 0 Å². The smallest absolute Gasteiger partial charge is 0.303 e. The number of carboxylic acid groups (broad SMARTS) is 1. The quantitative estimate of drug-likeness (QED) is 0.109. The molecule has 1 amide bonds. The van der Waals surface area contributed by atoms with Crippen LogP contribution in [0.3, 0.4) is 0 Å². The highest BCUT2D eigenvalue weighted by Crippen LogP contribution is 2.28. The lowest BCUT2D eigenvalue weighted by Gasteiger charge is -2.44. The first kappa shape index (κ1) is 37.8. The second-order valence-electron chi connectivity index (χ2n) is 10.8. The molecule has 13 heteroatoms. The number of carbonyl (C=O) groups is 6. The Balaban J connectivity index is 2.56. The SMILES string of the molecule is CC(=O)OC[C@H]1O[C@@H](NC(=O)CCCCCCCCCCCCCCC(=O)O)[C@H](OC(C)=O)[C@@H](OC(C)=O)[C@H]1OC(C)=O. The molecule has 1 heterocycles. The van der Waals surface area contributed by atoms with Crippen molar-refractivity contribution in [1.29, 1.82) is 0 Å². The van der Waals surface area contributed by atoms with Gasteiger partial charge >= 0.3 is 29.8 Å². The summed E-state index contributed by atoms with van der Waals surface area (Å²) < 4.78 is 27.0. The monoisotopic (exact) mass is 615 g/mol. The van der Waals surface area contributed by atoms with Crippen LogP contribution < -0.4 is 5.32 Å². The number of carbonyl (C=O) groups excluding carboxylic acids is 5. The van der Waals surface area contributed by atoms with Crippen molar-refractivity contribution >= 4 is 35.8 Å². The van der Waals surface area contributed by atoms with Gasteiger partial charge in [0.25, 0.3) is 0 Å². The van der Waals surface area contributed by atoms with Crippen LogP contribution in [0.25, 0.3) is 0 Å². The van der Waals surface area contributed by atoms with Gasteiger partial charge in [0.15, 0.2) is 24.5 Å². The molecule has 0 radical (unpaired) electrons. The first-order valence-corrected chi connectivity index (χ1v) is 15.2. The van der Waals surface area contributed by atoms with Gasteiger partial charge in [-0.3, -0.25) is 28.8 Å². The van der Waals surface area contributed by atoms with E-state index in [1.807, 2.05) is 0 Å². The summed E-state index contributed by atoms with van der Waals surface area (Å²) in [5.41, 5.74) is 0. The molecule has 1 rings (SSSR count). The highest BCUT2D eigenvalue weighted by Gasteiger charge is 2.52. The predicted molar refractivity (Wildman–Crippen MR) is 152 cm³/mol. The van der Waals surface area contributed by atoms with Crippen LogP contribution in [0, 0.1) is 0 Å². The molecule has 0 aromatic carbocycles. The van der Waals surface area contributed by atoms with E-state index in [1.54, 1.807) is 0 Å². The third-order valence-corrected chi connectivity index (χ3v) is 6.84. The molecule has 0 saturated carbocycles. The van der Waals surface area contributed by atoms with Crippen LogP contribution in [-0.2, 0) is 52.5 Å². The Labute approximate surface area is 253 Å². The van der Waals surface area contributed by atoms with E-state index in [1.165, 1.54) is 6.92 Å². The average Bonchev–Trinajstić information content (AvgIpc) is 2.90. The molecule has 0 aliphatic carbocycles. The van der Waals surface area contributed by atoms with Crippen molar-refractivity contribution in [3.63, 3.8) is 0 Å². The molecule has 0 spiro atoms. The van der Waals surface area contributed by atoms with E-state index in [0.29, 0.717) is 6.42 Å². The molecule has 0 aromatic rings. The summed E-state index contributed by atoms with van der Waals surface area (Å²) in [5.74, 6) is -3.94. The summed E-state index contributed by atoms with van der Waals surface area (Å²) in [7, 11) is 0. The molecular formula is C30H49NO12. The fraction of sp³-hybridized carbons (Fsp3) is 0.800. The van der Waals surface area contributed by atoms with Gasteiger partial charge in [0.1, 0.15) is 12.7 Å². The molecule has 13 nitrogen and oxygen atoms in total. The number of carboxylic acids is 1. The molecule has 1 aliphatic heterocycles. The molecule has 0 unspecified atom stereocenters. The molecule has 1 saturated heterocycles. The van der Waals surface area contributed by atoms with E-state index in [2.05, 4.69) is 5.32 Å². The zero-order chi connectivity index (χ0) is 32.2. The minimum atomic E-state index is -1.33. The zero-order valence-electron chi connectivity index (χ0n) is 25.9. The van der Waals surface area contributed by atoms with E-state index in [4.69, 9.17) is 28.8 Å². The summed E-state index contributed by atoms with van der Waals surface area (Å²) in [6.45, 7) is 4.23. The molecular weight excluding hydrogens is 566 g/mol. The molecule has 1 fully saturated rings. The van der Waals surface area contributed by atoms with Crippen molar-refractivity contribution in [2.45, 2.75) is 148 Å². The van der Waals surface area contributed by atoms with Crippen molar-refractivity contribution in [1.82, 2.24) is 5.32 Å². The first-order valence-electron chi connectivity index (χ1n) is 15.2. The molecule has 43 heavy (non-hydrogen) atoms. The normalized spacial score (nSPS) is 21.3. The Hall–Kier alpha value is -3.22. The lowest BCUT2D eigenvalue weighted by Crippen LogP contribution is -2.66. The van der Waals surface area contributed by atoms with Crippen molar-refractivity contribution in [2.24, 2.45) is 0 Å². The number of hydrogen-bond acceptors (Lipinski definition) is 11. The van der Waals surface area contributed by atoms with E-state index in [0.717, 1.165) is 91.4 Å². The number of aliphatic carboxylic acids is 1. The van der Waals surface area contributed by atoms with Crippen LogP contribution in [0.15, 0.2) is 0 Å². The number of hydrogen-bond donors (Lipinski definition) is 2. The largest absolute Gasteiger partial charge is 0.481 e. The number of rotatable bonds is 21. The third-order valence-electron chi connectivity index (χ3n) is 6.84. The fourth-order valence-electron chi connectivity index (χ4n) is 4.90. The molecule has 246 valence electrons. The van der Waals surface area contributed by atoms with Gasteiger partial charge < -0.3 is 34.1 Å². The molecule has 0 bridgehead atoms. The molecule has 5 atom stereocenters. The summed E-state index contributed by atoms with van der Waals surface area (Å²) in [4.78, 5) is 70.4. The van der Waals surface area contributed by atoms with E-state index < -0.39 is 60.5 Å². The highest BCUT2D eigenvalue weighted by molar-refractivity contribution is 5.76. The van der Waals surface area contributed by atoms with E-state index in [9.17, 15) is 28.8 Å². The minimum absolute atomic E-state index is 0.189. The standard InChI is InChI=1S/C30H49NO12/c1-20(32)39-19-24-27(40-21(2)33)28(41-22(3)34)29(42-23(4)35)30(43-24)31-25(36)17-15-13-11-9-7-5-6-8-10-12-14-16-18-26(37)38/h24,27-30H,5-19H2,1-4H3,(H,31,36)(H,37,38)/t24-,27+,28+,29-,30-/m1/s1. The van der Waals surface area contributed by atoms with Gasteiger partial charge in [-0.1, -0.05) is 64.2 Å². The highest BCUT2D eigenvalue weighted by atomic mass is 16.7. The Morgan fingerprint density at radius 3 is 1.44 bits per heavy atom. The van der Waals surface area contributed by atoms with Gasteiger partial charge in [0.2, 0.25) is 5.91 Å². The summed E-state index contributed by atoms with van der Waals surface area (Å²) >= 11 is 0. The van der Waals surface area contributed by atoms with Crippen LogP contribution >= 0.6 is 0 Å². The topological polar surface area (TPSA) is 181 Å². The van der Waals surface area contributed by atoms with Gasteiger partial charge in [-0.25, -0.2) is 0 Å². The lowest BCUT2D eigenvalue weighted by molar-refractivity contribution is -0.257. The second-order valence-corrected chi connectivity index (χ2v) is 10.8. The number of amides is 1. The average molecular weight is 616 g/mol. The van der Waals surface area contributed by atoms with E-state index in [-0.39, 0.29) is 25.4 Å². The van der Waals surface area contributed by atoms with Gasteiger partial charge in [0.05, 0.1) is 0 Å². The van der Waals surface area contributed by atoms with Crippen molar-refractivity contribution in [3.8, 4) is 0 Å². The Bertz CT molecular complexity index is 908. The Kier molecular flexibility index (Phi) is 18.9. The summed E-state index contributed by atoms with van der Waals surface area (Å²) in [6.07, 6.45) is 6.19. The zero-order valence-corrected chi connectivity index (χ0v) is 25.9. The first-order chi connectivity index (χ1) is 20.4. The Morgan fingerprint density at radius 1 is 0.581 bits per heavy atom. The number of ether oxygens (including phenoxy) is 5. The molecule has 2 N–H and O–H groups in total. The minimum Gasteiger partial charge on any atom is -0.481 e. The van der Waals surface area contributed by atoms with E-state index >= 15 is 0 Å². The van der Waals surface area contributed by atoms with Gasteiger partial charge in [-0.05, 0) is 12.8 Å². The molecule has 0 aromatic heterocycles. The van der Waals surface area contributed by atoms with Crippen LogP contribution in [0.1, 0.15) is 118 Å².